The number of aryl methyl sites for hydroxylation is 1. The van der Waals surface area contributed by atoms with Gasteiger partial charge in [-0.15, -0.1) is 0 Å². The summed E-state index contributed by atoms with van der Waals surface area (Å²) in [6, 6.07) is 8.34. The molecule has 2 aliphatic heterocycles. The molecule has 3 atom stereocenters. The largest absolute Gasteiger partial charge is 0.349 e. The van der Waals surface area contributed by atoms with Crippen molar-refractivity contribution < 1.29 is 13.2 Å². The van der Waals surface area contributed by atoms with Crippen LogP contribution < -0.4 is 0 Å². The first-order valence-corrected chi connectivity index (χ1v) is 10.2. The summed E-state index contributed by atoms with van der Waals surface area (Å²) in [5, 5.41) is -0.398. The number of sulfone groups is 1. The van der Waals surface area contributed by atoms with Crippen molar-refractivity contribution in [3.05, 3.63) is 35.4 Å². The molecule has 0 spiro atoms. The zero-order valence-electron chi connectivity index (χ0n) is 14.6. The van der Waals surface area contributed by atoms with E-state index in [1.807, 2.05) is 0 Å². The van der Waals surface area contributed by atoms with Gasteiger partial charge in [0.2, 0.25) is 5.91 Å². The molecule has 24 heavy (non-hydrogen) atoms. The molecule has 132 valence electrons. The average Bonchev–Trinajstić information content (AvgIpc) is 2.94. The maximum Gasteiger partial charge on any atom is 0.225 e. The molecule has 0 saturated carbocycles. The summed E-state index contributed by atoms with van der Waals surface area (Å²) in [5.74, 6) is -0.0470. The summed E-state index contributed by atoms with van der Waals surface area (Å²) in [6.45, 7) is 4.02. The van der Waals surface area contributed by atoms with E-state index in [4.69, 9.17) is 0 Å². The van der Waals surface area contributed by atoms with Crippen molar-refractivity contribution in [3.63, 3.8) is 0 Å². The fraction of sp³-hybridized carbons (Fsp3) is 0.611. The van der Waals surface area contributed by atoms with E-state index in [1.54, 1.807) is 19.0 Å². The van der Waals surface area contributed by atoms with E-state index >= 15 is 0 Å². The van der Waals surface area contributed by atoms with Crippen LogP contribution in [-0.4, -0.2) is 62.3 Å². The van der Waals surface area contributed by atoms with Crippen LogP contribution in [0.2, 0.25) is 0 Å². The Bertz CT molecular complexity index is 712. The van der Waals surface area contributed by atoms with Gasteiger partial charge in [-0.25, -0.2) is 8.42 Å². The highest BCUT2D eigenvalue weighted by atomic mass is 32.2. The van der Waals surface area contributed by atoms with E-state index < -0.39 is 15.1 Å². The van der Waals surface area contributed by atoms with Crippen molar-refractivity contribution in [2.24, 2.45) is 11.8 Å². The Balaban J connectivity index is 1.78. The van der Waals surface area contributed by atoms with Crippen molar-refractivity contribution in [1.29, 1.82) is 0 Å². The van der Waals surface area contributed by atoms with Crippen LogP contribution in [0, 0.1) is 18.8 Å². The van der Waals surface area contributed by atoms with Gasteiger partial charge in [-0.05, 0) is 18.9 Å². The van der Waals surface area contributed by atoms with Crippen LogP contribution in [0.3, 0.4) is 0 Å². The molecule has 1 aromatic rings. The van der Waals surface area contributed by atoms with Gasteiger partial charge < -0.3 is 4.90 Å². The second-order valence-corrected chi connectivity index (χ2v) is 9.72. The lowest BCUT2D eigenvalue weighted by atomic mass is 9.87. The Morgan fingerprint density at radius 1 is 1.21 bits per heavy atom. The minimum absolute atomic E-state index is 0.0667. The van der Waals surface area contributed by atoms with Gasteiger partial charge in [0, 0.05) is 45.6 Å². The number of fused-ring (bicyclic) bond motifs is 1. The summed E-state index contributed by atoms with van der Waals surface area (Å²) in [6.07, 6.45) is 0.457. The second-order valence-electron chi connectivity index (χ2n) is 7.38. The first kappa shape index (κ1) is 17.4. The van der Waals surface area contributed by atoms with E-state index in [0.717, 1.165) is 6.54 Å². The maximum atomic E-state index is 12.5. The molecule has 2 heterocycles. The first-order valence-electron chi connectivity index (χ1n) is 8.48. The van der Waals surface area contributed by atoms with Crippen molar-refractivity contribution in [2.75, 3.05) is 32.9 Å². The molecule has 0 unspecified atom stereocenters. The summed E-state index contributed by atoms with van der Waals surface area (Å²) in [5.41, 5.74) is 2.40. The molecule has 1 amide bonds. The summed E-state index contributed by atoms with van der Waals surface area (Å²) in [7, 11) is 0.402. The lowest BCUT2D eigenvalue weighted by Gasteiger charge is -2.33. The molecule has 0 N–H and O–H groups in total. The van der Waals surface area contributed by atoms with Gasteiger partial charge >= 0.3 is 0 Å². The van der Waals surface area contributed by atoms with E-state index in [1.165, 1.54) is 11.1 Å². The topological polar surface area (TPSA) is 57.7 Å². The quantitative estimate of drug-likeness (QED) is 0.825. The minimum atomic E-state index is -3.10. The molecule has 0 bridgehead atoms. The van der Waals surface area contributed by atoms with Crippen LogP contribution >= 0.6 is 0 Å². The number of amides is 1. The maximum absolute atomic E-state index is 12.5. The number of rotatable bonds is 3. The summed E-state index contributed by atoms with van der Waals surface area (Å²) in [4.78, 5) is 16.3. The molecule has 0 aliphatic carbocycles. The molecule has 5 nitrogen and oxygen atoms in total. The van der Waals surface area contributed by atoms with Crippen LogP contribution in [0.25, 0.3) is 0 Å². The Morgan fingerprint density at radius 2 is 1.88 bits per heavy atom. The molecule has 0 aromatic heterocycles. The molecule has 2 saturated heterocycles. The van der Waals surface area contributed by atoms with Gasteiger partial charge in [0.1, 0.15) is 0 Å². The van der Waals surface area contributed by atoms with Crippen molar-refractivity contribution in [3.8, 4) is 0 Å². The Morgan fingerprint density at radius 3 is 2.50 bits per heavy atom. The van der Waals surface area contributed by atoms with Crippen molar-refractivity contribution >= 4 is 15.7 Å². The van der Waals surface area contributed by atoms with Crippen LogP contribution in [0.15, 0.2) is 24.3 Å². The SMILES string of the molecule is Cc1ccc(CN2C[C@H]3[C@H](C(=O)N(C)C)CCS(=O)(=O)[C@H]3C2)cc1. The minimum Gasteiger partial charge on any atom is -0.349 e. The van der Waals surface area contributed by atoms with E-state index in [9.17, 15) is 13.2 Å². The molecular formula is C18H26N2O3S. The van der Waals surface area contributed by atoms with Crippen LogP contribution in [0.4, 0.5) is 0 Å². The van der Waals surface area contributed by atoms with Gasteiger partial charge in [0.25, 0.3) is 0 Å². The van der Waals surface area contributed by atoms with Gasteiger partial charge in [0.05, 0.1) is 11.0 Å². The lowest BCUT2D eigenvalue weighted by Crippen LogP contribution is -2.46. The van der Waals surface area contributed by atoms with Crippen molar-refractivity contribution in [2.45, 2.75) is 25.1 Å². The molecular weight excluding hydrogens is 324 g/mol. The second kappa shape index (κ2) is 6.48. The first-order chi connectivity index (χ1) is 11.3. The highest BCUT2D eigenvalue weighted by Gasteiger charge is 2.50. The molecule has 3 rings (SSSR count). The Kier molecular flexibility index (Phi) is 4.71. The standard InChI is InChI=1S/C18H26N2O3S/c1-13-4-6-14(7-5-13)10-20-11-16-15(18(21)19(2)3)8-9-24(22,23)17(16)12-20/h4-7,15-17H,8-12H2,1-3H3/t15-,16+,17+/m1/s1. The van der Waals surface area contributed by atoms with E-state index in [0.29, 0.717) is 19.5 Å². The van der Waals surface area contributed by atoms with Crippen LogP contribution in [0.5, 0.6) is 0 Å². The predicted molar refractivity (Wildman–Crippen MR) is 94.3 cm³/mol. The summed E-state index contributed by atoms with van der Waals surface area (Å²) >= 11 is 0. The van der Waals surface area contributed by atoms with Crippen LogP contribution in [-0.2, 0) is 21.2 Å². The smallest absolute Gasteiger partial charge is 0.225 e. The molecule has 1 aromatic carbocycles. The number of nitrogens with zero attached hydrogens (tertiary/aromatic N) is 2. The third-order valence-electron chi connectivity index (χ3n) is 5.36. The Labute approximate surface area is 144 Å². The highest BCUT2D eigenvalue weighted by molar-refractivity contribution is 7.92. The van der Waals surface area contributed by atoms with Gasteiger partial charge in [-0.2, -0.15) is 0 Å². The zero-order valence-corrected chi connectivity index (χ0v) is 15.4. The number of benzene rings is 1. The highest BCUT2D eigenvalue weighted by Crippen LogP contribution is 2.38. The molecule has 2 aliphatic rings. The number of hydrogen-bond donors (Lipinski definition) is 0. The third-order valence-corrected chi connectivity index (χ3v) is 7.59. The Hall–Kier alpha value is -1.40. The summed E-state index contributed by atoms with van der Waals surface area (Å²) < 4.78 is 25.0. The zero-order chi connectivity index (χ0) is 17.5. The molecule has 6 heteroatoms. The number of carbonyl (C=O) groups is 1. The number of carbonyl (C=O) groups excluding carboxylic acids is 1. The normalized spacial score (nSPS) is 29.2. The van der Waals surface area contributed by atoms with Crippen LogP contribution in [0.1, 0.15) is 17.5 Å². The average molecular weight is 350 g/mol. The number of likely N-dealkylation sites (tertiary alicyclic amines) is 1. The fourth-order valence-electron chi connectivity index (χ4n) is 4.02. The lowest BCUT2D eigenvalue weighted by molar-refractivity contribution is -0.134. The monoisotopic (exact) mass is 350 g/mol. The van der Waals surface area contributed by atoms with Gasteiger partial charge in [0.15, 0.2) is 9.84 Å². The van der Waals surface area contributed by atoms with Crippen molar-refractivity contribution in [1.82, 2.24) is 9.80 Å². The molecule has 2 fully saturated rings. The predicted octanol–water partition coefficient (Wildman–Crippen LogP) is 1.32. The number of hydrogen-bond acceptors (Lipinski definition) is 4. The van der Waals surface area contributed by atoms with Gasteiger partial charge in [-0.1, -0.05) is 29.8 Å². The van der Waals surface area contributed by atoms with Gasteiger partial charge in [-0.3, -0.25) is 9.69 Å². The third kappa shape index (κ3) is 3.35. The van der Waals surface area contributed by atoms with E-state index in [-0.39, 0.29) is 23.5 Å². The molecule has 0 radical (unpaired) electrons. The van der Waals surface area contributed by atoms with E-state index in [2.05, 4.69) is 36.1 Å². The fourth-order valence-corrected chi connectivity index (χ4v) is 6.15.